The SMILES string of the molecule is CC(C)Cc1nc(Cl)c2c(n1)NCCCC2. The van der Waals surface area contributed by atoms with Gasteiger partial charge in [0.15, 0.2) is 0 Å². The third kappa shape index (κ3) is 2.64. The van der Waals surface area contributed by atoms with Gasteiger partial charge in [-0.2, -0.15) is 0 Å². The van der Waals surface area contributed by atoms with Crippen molar-refractivity contribution in [2.24, 2.45) is 5.92 Å². The fourth-order valence-corrected chi connectivity index (χ4v) is 2.24. The van der Waals surface area contributed by atoms with Gasteiger partial charge in [0.05, 0.1) is 0 Å². The molecular weight excluding hydrogens is 222 g/mol. The monoisotopic (exact) mass is 239 g/mol. The highest BCUT2D eigenvalue weighted by atomic mass is 35.5. The fraction of sp³-hybridized carbons (Fsp3) is 0.667. The Hall–Kier alpha value is -0.830. The number of anilines is 1. The van der Waals surface area contributed by atoms with Gasteiger partial charge in [0.2, 0.25) is 0 Å². The minimum atomic E-state index is 0.555. The average molecular weight is 240 g/mol. The quantitative estimate of drug-likeness (QED) is 0.806. The van der Waals surface area contributed by atoms with Crippen molar-refractivity contribution in [3.63, 3.8) is 0 Å². The van der Waals surface area contributed by atoms with E-state index in [-0.39, 0.29) is 0 Å². The maximum Gasteiger partial charge on any atom is 0.138 e. The Morgan fingerprint density at radius 2 is 2.12 bits per heavy atom. The van der Waals surface area contributed by atoms with Crippen LogP contribution >= 0.6 is 11.6 Å². The van der Waals surface area contributed by atoms with Crippen LogP contribution in [0.5, 0.6) is 0 Å². The summed E-state index contributed by atoms with van der Waals surface area (Å²) in [7, 11) is 0. The summed E-state index contributed by atoms with van der Waals surface area (Å²) in [5, 5.41) is 3.98. The van der Waals surface area contributed by atoms with Crippen LogP contribution in [0, 0.1) is 5.92 Å². The molecule has 1 aliphatic heterocycles. The minimum Gasteiger partial charge on any atom is -0.370 e. The van der Waals surface area contributed by atoms with E-state index in [1.165, 1.54) is 6.42 Å². The van der Waals surface area contributed by atoms with E-state index in [4.69, 9.17) is 11.6 Å². The van der Waals surface area contributed by atoms with Crippen molar-refractivity contribution in [1.29, 1.82) is 0 Å². The van der Waals surface area contributed by atoms with E-state index in [2.05, 4.69) is 29.1 Å². The molecule has 1 N–H and O–H groups in total. The lowest BCUT2D eigenvalue weighted by molar-refractivity contribution is 0.620. The zero-order valence-corrected chi connectivity index (χ0v) is 10.6. The number of aromatic nitrogens is 2. The van der Waals surface area contributed by atoms with Crippen molar-refractivity contribution in [2.75, 3.05) is 11.9 Å². The summed E-state index contributed by atoms with van der Waals surface area (Å²) in [4.78, 5) is 8.95. The maximum atomic E-state index is 6.21. The van der Waals surface area contributed by atoms with Gasteiger partial charge >= 0.3 is 0 Å². The molecule has 0 fully saturated rings. The van der Waals surface area contributed by atoms with Gasteiger partial charge < -0.3 is 5.32 Å². The van der Waals surface area contributed by atoms with Crippen LogP contribution in [0.4, 0.5) is 5.82 Å². The molecular formula is C12H18ClN3. The van der Waals surface area contributed by atoms with E-state index in [0.29, 0.717) is 11.1 Å². The second-order valence-electron chi connectivity index (χ2n) is 4.74. The van der Waals surface area contributed by atoms with Crippen LogP contribution in [-0.2, 0) is 12.8 Å². The number of nitrogens with zero attached hydrogens (tertiary/aromatic N) is 2. The maximum absolute atomic E-state index is 6.21. The summed E-state index contributed by atoms with van der Waals surface area (Å²) in [6, 6.07) is 0. The number of nitrogens with one attached hydrogen (secondary N) is 1. The van der Waals surface area contributed by atoms with Crippen molar-refractivity contribution in [1.82, 2.24) is 9.97 Å². The molecule has 3 nitrogen and oxygen atoms in total. The van der Waals surface area contributed by atoms with Gasteiger partial charge in [-0.15, -0.1) is 0 Å². The number of rotatable bonds is 2. The van der Waals surface area contributed by atoms with Crippen LogP contribution in [0.2, 0.25) is 5.15 Å². The lowest BCUT2D eigenvalue weighted by Crippen LogP contribution is -2.08. The molecule has 0 aromatic carbocycles. The fourth-order valence-electron chi connectivity index (χ4n) is 1.96. The van der Waals surface area contributed by atoms with Gasteiger partial charge in [0, 0.05) is 18.5 Å². The molecule has 0 bridgehead atoms. The Balaban J connectivity index is 2.32. The molecule has 16 heavy (non-hydrogen) atoms. The summed E-state index contributed by atoms with van der Waals surface area (Å²) in [6.07, 6.45) is 4.20. The van der Waals surface area contributed by atoms with Gasteiger partial charge in [0.1, 0.15) is 16.8 Å². The van der Waals surface area contributed by atoms with Gasteiger partial charge in [-0.05, 0) is 25.2 Å². The normalized spacial score (nSPS) is 15.5. The molecule has 88 valence electrons. The predicted octanol–water partition coefficient (Wildman–Crippen LogP) is 3.08. The molecule has 1 aliphatic rings. The molecule has 0 unspecified atom stereocenters. The first-order chi connectivity index (χ1) is 7.66. The van der Waals surface area contributed by atoms with Gasteiger partial charge in [0.25, 0.3) is 0 Å². The Bertz CT molecular complexity index is 377. The molecule has 2 rings (SSSR count). The molecule has 0 amide bonds. The van der Waals surface area contributed by atoms with Crippen molar-refractivity contribution in [3.05, 3.63) is 16.5 Å². The Morgan fingerprint density at radius 1 is 1.31 bits per heavy atom. The molecule has 0 saturated carbocycles. The Morgan fingerprint density at radius 3 is 2.88 bits per heavy atom. The molecule has 0 aliphatic carbocycles. The number of fused-ring (bicyclic) bond motifs is 1. The molecule has 0 saturated heterocycles. The summed E-state index contributed by atoms with van der Waals surface area (Å²) in [5.41, 5.74) is 1.09. The van der Waals surface area contributed by atoms with Crippen molar-refractivity contribution in [3.8, 4) is 0 Å². The topological polar surface area (TPSA) is 37.8 Å². The lowest BCUT2D eigenvalue weighted by Gasteiger charge is -2.11. The first-order valence-electron chi connectivity index (χ1n) is 5.96. The second kappa shape index (κ2) is 5.00. The Kier molecular flexibility index (Phi) is 3.64. The van der Waals surface area contributed by atoms with Gasteiger partial charge in [-0.1, -0.05) is 25.4 Å². The summed E-state index contributed by atoms with van der Waals surface area (Å²) in [5.74, 6) is 2.36. The zero-order valence-electron chi connectivity index (χ0n) is 9.89. The van der Waals surface area contributed by atoms with Crippen LogP contribution in [-0.4, -0.2) is 16.5 Å². The lowest BCUT2D eigenvalue weighted by atomic mass is 10.1. The summed E-state index contributed by atoms with van der Waals surface area (Å²) < 4.78 is 0. The molecule has 0 radical (unpaired) electrons. The molecule has 1 aromatic rings. The number of halogens is 1. The van der Waals surface area contributed by atoms with Crippen LogP contribution in [0.3, 0.4) is 0 Å². The predicted molar refractivity (Wildman–Crippen MR) is 67.0 cm³/mol. The highest BCUT2D eigenvalue weighted by Crippen LogP contribution is 2.26. The zero-order chi connectivity index (χ0) is 11.5. The van der Waals surface area contributed by atoms with E-state index in [0.717, 1.165) is 43.0 Å². The highest BCUT2D eigenvalue weighted by Gasteiger charge is 2.15. The van der Waals surface area contributed by atoms with E-state index in [1.807, 2.05) is 0 Å². The molecule has 0 atom stereocenters. The van der Waals surface area contributed by atoms with Gasteiger partial charge in [-0.25, -0.2) is 9.97 Å². The van der Waals surface area contributed by atoms with Crippen LogP contribution in [0.15, 0.2) is 0 Å². The van der Waals surface area contributed by atoms with Crippen LogP contribution in [0.25, 0.3) is 0 Å². The van der Waals surface area contributed by atoms with E-state index >= 15 is 0 Å². The third-order valence-electron chi connectivity index (χ3n) is 2.74. The van der Waals surface area contributed by atoms with E-state index in [9.17, 15) is 0 Å². The van der Waals surface area contributed by atoms with Crippen molar-refractivity contribution < 1.29 is 0 Å². The van der Waals surface area contributed by atoms with Gasteiger partial charge in [-0.3, -0.25) is 0 Å². The standard InChI is InChI=1S/C12H18ClN3/c1-8(2)7-10-15-11(13)9-5-3-4-6-14-12(9)16-10/h8H,3-7H2,1-2H3,(H,14,15,16). The Labute approximate surface area is 102 Å². The number of hydrogen-bond donors (Lipinski definition) is 1. The van der Waals surface area contributed by atoms with E-state index < -0.39 is 0 Å². The first-order valence-corrected chi connectivity index (χ1v) is 6.33. The first kappa shape index (κ1) is 11.6. The second-order valence-corrected chi connectivity index (χ2v) is 5.10. The average Bonchev–Trinajstić information content (AvgIpc) is 2.41. The number of hydrogen-bond acceptors (Lipinski definition) is 3. The summed E-state index contributed by atoms with van der Waals surface area (Å²) >= 11 is 6.21. The molecule has 0 spiro atoms. The van der Waals surface area contributed by atoms with Crippen molar-refractivity contribution >= 4 is 17.4 Å². The van der Waals surface area contributed by atoms with E-state index in [1.54, 1.807) is 0 Å². The van der Waals surface area contributed by atoms with Crippen LogP contribution < -0.4 is 5.32 Å². The van der Waals surface area contributed by atoms with Crippen molar-refractivity contribution in [2.45, 2.75) is 39.5 Å². The van der Waals surface area contributed by atoms with Crippen LogP contribution in [0.1, 0.15) is 38.1 Å². The third-order valence-corrected chi connectivity index (χ3v) is 3.05. The minimum absolute atomic E-state index is 0.555. The molecule has 2 heterocycles. The smallest absolute Gasteiger partial charge is 0.138 e. The molecule has 4 heteroatoms. The highest BCUT2D eigenvalue weighted by molar-refractivity contribution is 6.30. The largest absolute Gasteiger partial charge is 0.370 e. The summed E-state index contributed by atoms with van der Waals surface area (Å²) in [6.45, 7) is 5.31. The molecule has 1 aromatic heterocycles.